The van der Waals surface area contributed by atoms with Crippen molar-refractivity contribution in [3.63, 3.8) is 0 Å². The van der Waals surface area contributed by atoms with Crippen molar-refractivity contribution < 1.29 is 4.39 Å². The van der Waals surface area contributed by atoms with Crippen LogP contribution in [0, 0.1) is 5.82 Å². The van der Waals surface area contributed by atoms with Crippen LogP contribution in [-0.2, 0) is 13.1 Å². The van der Waals surface area contributed by atoms with E-state index < -0.39 is 0 Å². The van der Waals surface area contributed by atoms with E-state index in [0.29, 0.717) is 12.6 Å². The number of benzene rings is 1. The Morgan fingerprint density at radius 2 is 2.20 bits per heavy atom. The molecule has 0 atom stereocenters. The van der Waals surface area contributed by atoms with Crippen molar-refractivity contribution in [1.82, 2.24) is 10.2 Å². The summed E-state index contributed by atoms with van der Waals surface area (Å²) in [5, 5.41) is 3.48. The van der Waals surface area contributed by atoms with Gasteiger partial charge in [0.15, 0.2) is 0 Å². The lowest BCUT2D eigenvalue weighted by Gasteiger charge is -2.25. The number of hydrogen-bond donors (Lipinski definition) is 1. The first kappa shape index (κ1) is 13.8. The highest BCUT2D eigenvalue weighted by Crippen LogP contribution is 2.20. The minimum atomic E-state index is -0.0774. The molecule has 3 rings (SSSR count). The lowest BCUT2D eigenvalue weighted by molar-refractivity contribution is 0.281. The van der Waals surface area contributed by atoms with Crippen molar-refractivity contribution in [2.45, 2.75) is 45.3 Å². The number of rotatable bonds is 5. The molecule has 0 spiro atoms. The van der Waals surface area contributed by atoms with Gasteiger partial charge < -0.3 is 5.32 Å². The van der Waals surface area contributed by atoms with Crippen molar-refractivity contribution >= 4 is 0 Å². The summed E-state index contributed by atoms with van der Waals surface area (Å²) in [6.45, 7) is 5.72. The van der Waals surface area contributed by atoms with Crippen LogP contribution >= 0.6 is 0 Å². The Labute approximate surface area is 120 Å². The van der Waals surface area contributed by atoms with E-state index in [4.69, 9.17) is 0 Å². The van der Waals surface area contributed by atoms with Crippen LogP contribution in [0.4, 0.5) is 4.39 Å². The highest BCUT2D eigenvalue weighted by Gasteiger charge is 2.20. The van der Waals surface area contributed by atoms with E-state index in [1.807, 2.05) is 12.1 Å². The fourth-order valence-corrected chi connectivity index (χ4v) is 2.61. The molecule has 1 fully saturated rings. The summed E-state index contributed by atoms with van der Waals surface area (Å²) in [7, 11) is 0. The average Bonchev–Trinajstić information content (AvgIpc) is 3.26. The Balaban J connectivity index is 1.63. The smallest absolute Gasteiger partial charge is 0.127 e. The van der Waals surface area contributed by atoms with Crippen molar-refractivity contribution in [2.75, 3.05) is 13.1 Å². The standard InChI is InChI=1S/C17H23FN2/c1-13-6-8-20(9-7-13)12-15-10-14(2-5-17(15)18)11-19-16-3-4-16/h2,5-6,10,16,19H,3-4,7-9,11-12H2,1H3. The molecular weight excluding hydrogens is 251 g/mol. The Hall–Kier alpha value is -1.19. The van der Waals surface area contributed by atoms with Gasteiger partial charge in [-0.3, -0.25) is 4.90 Å². The van der Waals surface area contributed by atoms with Gasteiger partial charge in [0.2, 0.25) is 0 Å². The first-order valence-electron chi connectivity index (χ1n) is 7.59. The van der Waals surface area contributed by atoms with E-state index in [2.05, 4.69) is 23.2 Å². The zero-order valence-corrected chi connectivity index (χ0v) is 12.2. The predicted molar refractivity (Wildman–Crippen MR) is 79.9 cm³/mol. The summed E-state index contributed by atoms with van der Waals surface area (Å²) < 4.78 is 13.9. The van der Waals surface area contributed by atoms with Gasteiger partial charge in [0, 0.05) is 37.8 Å². The molecule has 108 valence electrons. The molecule has 0 radical (unpaired) electrons. The van der Waals surface area contributed by atoms with E-state index in [0.717, 1.165) is 31.6 Å². The van der Waals surface area contributed by atoms with E-state index in [-0.39, 0.29) is 5.82 Å². The number of nitrogens with one attached hydrogen (secondary N) is 1. The number of halogens is 1. The second kappa shape index (κ2) is 6.06. The van der Waals surface area contributed by atoms with Crippen LogP contribution in [0.1, 0.15) is 37.3 Å². The van der Waals surface area contributed by atoms with Crippen LogP contribution < -0.4 is 5.32 Å². The highest BCUT2D eigenvalue weighted by atomic mass is 19.1. The van der Waals surface area contributed by atoms with Crippen molar-refractivity contribution in [3.8, 4) is 0 Å². The van der Waals surface area contributed by atoms with E-state index in [9.17, 15) is 4.39 Å². The minimum absolute atomic E-state index is 0.0774. The molecule has 0 bridgehead atoms. The average molecular weight is 274 g/mol. The second-order valence-corrected chi connectivity index (χ2v) is 6.12. The van der Waals surface area contributed by atoms with Gasteiger partial charge in [-0.1, -0.05) is 23.8 Å². The molecular formula is C17H23FN2. The van der Waals surface area contributed by atoms with Crippen LogP contribution in [0.2, 0.25) is 0 Å². The maximum Gasteiger partial charge on any atom is 0.127 e. The maximum absolute atomic E-state index is 13.9. The van der Waals surface area contributed by atoms with Crippen molar-refractivity contribution in [1.29, 1.82) is 0 Å². The molecule has 1 aliphatic carbocycles. The fourth-order valence-electron chi connectivity index (χ4n) is 2.61. The molecule has 2 nitrogen and oxygen atoms in total. The summed E-state index contributed by atoms with van der Waals surface area (Å²) >= 11 is 0. The Morgan fingerprint density at radius 1 is 1.35 bits per heavy atom. The van der Waals surface area contributed by atoms with Crippen LogP contribution in [-0.4, -0.2) is 24.0 Å². The summed E-state index contributed by atoms with van der Waals surface area (Å²) in [6.07, 6.45) is 5.92. The number of nitrogens with zero attached hydrogens (tertiary/aromatic N) is 1. The van der Waals surface area contributed by atoms with Crippen molar-refractivity contribution in [3.05, 3.63) is 46.8 Å². The van der Waals surface area contributed by atoms with Gasteiger partial charge in [-0.25, -0.2) is 4.39 Å². The quantitative estimate of drug-likeness (QED) is 0.829. The monoisotopic (exact) mass is 274 g/mol. The van der Waals surface area contributed by atoms with Crippen LogP contribution in [0.5, 0.6) is 0 Å². The molecule has 3 heteroatoms. The Bertz CT molecular complexity index is 506. The minimum Gasteiger partial charge on any atom is -0.310 e. The second-order valence-electron chi connectivity index (χ2n) is 6.12. The molecule has 0 saturated heterocycles. The van der Waals surface area contributed by atoms with Crippen LogP contribution in [0.15, 0.2) is 29.8 Å². The van der Waals surface area contributed by atoms with Crippen LogP contribution in [0.3, 0.4) is 0 Å². The van der Waals surface area contributed by atoms with Gasteiger partial charge in [-0.2, -0.15) is 0 Å². The van der Waals surface area contributed by atoms with Gasteiger partial charge in [0.1, 0.15) is 5.82 Å². The molecule has 20 heavy (non-hydrogen) atoms. The highest BCUT2D eigenvalue weighted by molar-refractivity contribution is 5.25. The molecule has 1 heterocycles. The van der Waals surface area contributed by atoms with Gasteiger partial charge in [0.05, 0.1) is 0 Å². The third kappa shape index (κ3) is 3.68. The third-order valence-corrected chi connectivity index (χ3v) is 4.20. The fraction of sp³-hybridized carbons (Fsp3) is 0.529. The van der Waals surface area contributed by atoms with Gasteiger partial charge >= 0.3 is 0 Å². The van der Waals surface area contributed by atoms with Gasteiger partial charge in [-0.15, -0.1) is 0 Å². The zero-order chi connectivity index (χ0) is 13.9. The van der Waals surface area contributed by atoms with Gasteiger partial charge in [-0.05, 0) is 37.8 Å². The van der Waals surface area contributed by atoms with Crippen molar-refractivity contribution in [2.24, 2.45) is 0 Å². The Morgan fingerprint density at radius 3 is 2.90 bits per heavy atom. The van der Waals surface area contributed by atoms with E-state index >= 15 is 0 Å². The SMILES string of the molecule is CC1=CCN(Cc2cc(CNC3CC3)ccc2F)CC1. The topological polar surface area (TPSA) is 15.3 Å². The number of hydrogen-bond acceptors (Lipinski definition) is 2. The largest absolute Gasteiger partial charge is 0.310 e. The lowest BCUT2D eigenvalue weighted by Crippen LogP contribution is -2.28. The van der Waals surface area contributed by atoms with E-state index in [1.165, 1.54) is 24.0 Å². The summed E-state index contributed by atoms with van der Waals surface area (Å²) in [6, 6.07) is 6.23. The summed E-state index contributed by atoms with van der Waals surface area (Å²) in [5.41, 5.74) is 3.47. The molecule has 0 aromatic heterocycles. The predicted octanol–water partition coefficient (Wildman–Crippen LogP) is 3.23. The molecule has 1 aliphatic heterocycles. The third-order valence-electron chi connectivity index (χ3n) is 4.20. The molecule has 1 N–H and O–H groups in total. The molecule has 0 unspecified atom stereocenters. The normalized spacial score (nSPS) is 20.0. The molecule has 0 amide bonds. The maximum atomic E-state index is 13.9. The molecule has 2 aliphatic rings. The molecule has 1 saturated carbocycles. The summed E-state index contributed by atoms with van der Waals surface area (Å²) in [5.74, 6) is -0.0774. The first-order valence-corrected chi connectivity index (χ1v) is 7.59. The first-order chi connectivity index (χ1) is 9.70. The van der Waals surface area contributed by atoms with Gasteiger partial charge in [0.25, 0.3) is 0 Å². The van der Waals surface area contributed by atoms with Crippen LogP contribution in [0.25, 0.3) is 0 Å². The Kier molecular flexibility index (Phi) is 4.18. The van der Waals surface area contributed by atoms with E-state index in [1.54, 1.807) is 6.07 Å². The summed E-state index contributed by atoms with van der Waals surface area (Å²) in [4.78, 5) is 2.31. The molecule has 1 aromatic rings. The molecule has 1 aromatic carbocycles. The zero-order valence-electron chi connectivity index (χ0n) is 12.2. The lowest BCUT2D eigenvalue weighted by atomic mass is 10.1.